The molecule has 1 saturated heterocycles. The summed E-state index contributed by atoms with van der Waals surface area (Å²) < 4.78 is 11.4. The van der Waals surface area contributed by atoms with Gasteiger partial charge in [-0.2, -0.15) is 0 Å². The van der Waals surface area contributed by atoms with E-state index >= 15 is 0 Å². The number of ether oxygens (including phenoxy) is 2. The number of hydrogen-bond acceptors (Lipinski definition) is 3. The van der Waals surface area contributed by atoms with Crippen molar-refractivity contribution < 1.29 is 14.3 Å². The van der Waals surface area contributed by atoms with E-state index in [2.05, 4.69) is 12.2 Å². The Balaban J connectivity index is 1.79. The molecule has 1 aliphatic carbocycles. The van der Waals surface area contributed by atoms with Gasteiger partial charge in [-0.1, -0.05) is 19.8 Å². The molecule has 0 aromatic rings. The molecule has 1 aliphatic heterocycles. The van der Waals surface area contributed by atoms with Crippen molar-refractivity contribution in [2.45, 2.75) is 76.5 Å². The second kappa shape index (κ2) is 9.36. The molecular formula is C17H32N2O3. The molecule has 1 N–H and O–H groups in total. The van der Waals surface area contributed by atoms with E-state index in [1.165, 1.54) is 12.8 Å². The number of urea groups is 1. The molecule has 1 saturated carbocycles. The first-order valence-corrected chi connectivity index (χ1v) is 8.94. The van der Waals surface area contributed by atoms with Gasteiger partial charge in [0.2, 0.25) is 0 Å². The smallest absolute Gasteiger partial charge is 0.317 e. The van der Waals surface area contributed by atoms with E-state index in [0.29, 0.717) is 6.10 Å². The van der Waals surface area contributed by atoms with E-state index in [1.807, 2.05) is 4.90 Å². The average molecular weight is 312 g/mol. The molecule has 5 heteroatoms. The number of nitrogens with one attached hydrogen (secondary N) is 1. The zero-order valence-electron chi connectivity index (χ0n) is 14.2. The molecule has 0 spiro atoms. The third-order valence-electron chi connectivity index (χ3n) is 4.83. The van der Waals surface area contributed by atoms with Crippen LogP contribution in [0.3, 0.4) is 0 Å². The second-order valence-electron chi connectivity index (χ2n) is 6.53. The summed E-state index contributed by atoms with van der Waals surface area (Å²) in [5.74, 6) is 0. The van der Waals surface area contributed by atoms with E-state index < -0.39 is 0 Å². The molecule has 3 atom stereocenters. The Kier molecular flexibility index (Phi) is 7.46. The van der Waals surface area contributed by atoms with Crippen LogP contribution in [0.1, 0.15) is 58.3 Å². The summed E-state index contributed by atoms with van der Waals surface area (Å²) in [5.41, 5.74) is 0. The quantitative estimate of drug-likeness (QED) is 0.849. The van der Waals surface area contributed by atoms with Gasteiger partial charge in [-0.05, 0) is 38.5 Å². The van der Waals surface area contributed by atoms with Crippen molar-refractivity contribution in [1.29, 1.82) is 0 Å². The summed E-state index contributed by atoms with van der Waals surface area (Å²) in [4.78, 5) is 14.5. The molecule has 0 aromatic carbocycles. The minimum Gasteiger partial charge on any atom is -0.379 e. The molecule has 0 radical (unpaired) electrons. The van der Waals surface area contributed by atoms with Crippen molar-refractivity contribution in [2.75, 3.05) is 26.8 Å². The van der Waals surface area contributed by atoms with Crippen molar-refractivity contribution >= 4 is 6.03 Å². The van der Waals surface area contributed by atoms with Crippen LogP contribution in [0.2, 0.25) is 0 Å². The highest BCUT2D eigenvalue weighted by atomic mass is 16.5. The third kappa shape index (κ3) is 5.13. The summed E-state index contributed by atoms with van der Waals surface area (Å²) in [6.45, 7) is 4.59. The molecule has 0 aromatic heterocycles. The van der Waals surface area contributed by atoms with Gasteiger partial charge < -0.3 is 19.7 Å². The number of rotatable bonds is 5. The highest BCUT2D eigenvalue weighted by molar-refractivity contribution is 5.74. The number of carbonyl (C=O) groups excluding carboxylic acids is 1. The number of amides is 2. The Hall–Kier alpha value is -0.810. The first kappa shape index (κ1) is 17.5. The van der Waals surface area contributed by atoms with Crippen LogP contribution in [-0.4, -0.2) is 56.0 Å². The molecule has 128 valence electrons. The van der Waals surface area contributed by atoms with Crippen LogP contribution in [0, 0.1) is 0 Å². The van der Waals surface area contributed by atoms with E-state index in [0.717, 1.165) is 58.2 Å². The van der Waals surface area contributed by atoms with Crippen LogP contribution < -0.4 is 5.32 Å². The number of methoxy groups -OCH3 is 1. The zero-order valence-corrected chi connectivity index (χ0v) is 14.2. The molecule has 5 nitrogen and oxygen atoms in total. The molecule has 1 heterocycles. The summed E-state index contributed by atoms with van der Waals surface area (Å²) in [6, 6.07) is 0.242. The van der Waals surface area contributed by atoms with E-state index in [4.69, 9.17) is 9.47 Å². The van der Waals surface area contributed by atoms with Gasteiger partial charge in [-0.3, -0.25) is 0 Å². The Morgan fingerprint density at radius 1 is 1.14 bits per heavy atom. The van der Waals surface area contributed by atoms with Gasteiger partial charge in [0, 0.05) is 26.8 Å². The number of hydrogen-bond donors (Lipinski definition) is 1. The van der Waals surface area contributed by atoms with Gasteiger partial charge in [-0.15, -0.1) is 0 Å². The molecule has 2 fully saturated rings. The fourth-order valence-corrected chi connectivity index (χ4v) is 3.51. The number of likely N-dealkylation sites (tertiary alicyclic amines) is 1. The lowest BCUT2D eigenvalue weighted by Gasteiger charge is -2.33. The SMILES string of the molecule is CCCO[C@H]1CCCN(C(=O)N[C@H]2CCCC[C@@H]2OC)CC1. The van der Waals surface area contributed by atoms with Gasteiger partial charge in [0.05, 0.1) is 18.2 Å². The van der Waals surface area contributed by atoms with Crippen molar-refractivity contribution in [3.63, 3.8) is 0 Å². The summed E-state index contributed by atoms with van der Waals surface area (Å²) in [6.07, 6.45) is 9.04. The predicted molar refractivity (Wildman–Crippen MR) is 87.0 cm³/mol. The van der Waals surface area contributed by atoms with Gasteiger partial charge >= 0.3 is 6.03 Å². The molecule has 0 unspecified atom stereocenters. The Labute approximate surface area is 134 Å². The molecular weight excluding hydrogens is 280 g/mol. The standard InChI is InChI=1S/C17H32N2O3/c1-3-13-22-14-7-6-11-19(12-10-14)17(20)18-15-8-4-5-9-16(15)21-2/h14-16H,3-13H2,1-2H3,(H,18,20)/t14-,15-,16-/m0/s1. The first-order valence-electron chi connectivity index (χ1n) is 8.94. The van der Waals surface area contributed by atoms with Crippen molar-refractivity contribution in [3.05, 3.63) is 0 Å². The van der Waals surface area contributed by atoms with Crippen LogP contribution in [-0.2, 0) is 9.47 Å². The van der Waals surface area contributed by atoms with E-state index in [1.54, 1.807) is 7.11 Å². The topological polar surface area (TPSA) is 50.8 Å². The lowest BCUT2D eigenvalue weighted by atomic mass is 9.92. The van der Waals surface area contributed by atoms with Crippen LogP contribution >= 0.6 is 0 Å². The third-order valence-corrected chi connectivity index (χ3v) is 4.83. The van der Waals surface area contributed by atoms with Crippen LogP contribution in [0.4, 0.5) is 4.79 Å². The highest BCUT2D eigenvalue weighted by Crippen LogP contribution is 2.21. The maximum atomic E-state index is 12.5. The number of carbonyl (C=O) groups is 1. The van der Waals surface area contributed by atoms with Gasteiger partial charge in [0.15, 0.2) is 0 Å². The van der Waals surface area contributed by atoms with E-state index in [-0.39, 0.29) is 18.2 Å². The monoisotopic (exact) mass is 312 g/mol. The van der Waals surface area contributed by atoms with Crippen molar-refractivity contribution in [2.24, 2.45) is 0 Å². The number of nitrogens with zero attached hydrogens (tertiary/aromatic N) is 1. The Morgan fingerprint density at radius 3 is 2.73 bits per heavy atom. The largest absolute Gasteiger partial charge is 0.379 e. The molecule has 2 amide bonds. The normalized spacial score (nSPS) is 29.9. The van der Waals surface area contributed by atoms with Gasteiger partial charge in [0.1, 0.15) is 0 Å². The Bertz CT molecular complexity index is 338. The van der Waals surface area contributed by atoms with Crippen LogP contribution in [0.5, 0.6) is 0 Å². The maximum absolute atomic E-state index is 12.5. The minimum atomic E-state index is 0.0742. The summed E-state index contributed by atoms with van der Waals surface area (Å²) in [7, 11) is 1.75. The average Bonchev–Trinajstić information content (AvgIpc) is 2.79. The van der Waals surface area contributed by atoms with Gasteiger partial charge in [-0.25, -0.2) is 4.79 Å². The summed E-state index contributed by atoms with van der Waals surface area (Å²) >= 11 is 0. The van der Waals surface area contributed by atoms with Crippen LogP contribution in [0.25, 0.3) is 0 Å². The first-order chi connectivity index (χ1) is 10.7. The van der Waals surface area contributed by atoms with E-state index in [9.17, 15) is 4.79 Å². The fourth-order valence-electron chi connectivity index (χ4n) is 3.51. The fraction of sp³-hybridized carbons (Fsp3) is 0.941. The molecule has 0 bridgehead atoms. The van der Waals surface area contributed by atoms with Gasteiger partial charge in [0.25, 0.3) is 0 Å². The molecule has 2 rings (SSSR count). The maximum Gasteiger partial charge on any atom is 0.317 e. The lowest BCUT2D eigenvalue weighted by Crippen LogP contribution is -2.51. The zero-order chi connectivity index (χ0) is 15.8. The molecule has 22 heavy (non-hydrogen) atoms. The van der Waals surface area contributed by atoms with Crippen molar-refractivity contribution in [3.8, 4) is 0 Å². The second-order valence-corrected chi connectivity index (χ2v) is 6.53. The Morgan fingerprint density at radius 2 is 1.95 bits per heavy atom. The predicted octanol–water partition coefficient (Wildman–Crippen LogP) is 2.93. The minimum absolute atomic E-state index is 0.0742. The summed E-state index contributed by atoms with van der Waals surface area (Å²) in [5, 5.41) is 3.20. The highest BCUT2D eigenvalue weighted by Gasteiger charge is 2.28. The van der Waals surface area contributed by atoms with Crippen molar-refractivity contribution in [1.82, 2.24) is 10.2 Å². The lowest BCUT2D eigenvalue weighted by molar-refractivity contribution is 0.0408. The van der Waals surface area contributed by atoms with Crippen LogP contribution in [0.15, 0.2) is 0 Å². The molecule has 2 aliphatic rings.